The molecule has 100 valence electrons. The molecule has 0 bridgehead atoms. The van der Waals surface area contributed by atoms with Crippen LogP contribution in [0.2, 0.25) is 0 Å². The van der Waals surface area contributed by atoms with Gasteiger partial charge < -0.3 is 15.3 Å². The maximum absolute atomic E-state index is 10.1. The Kier molecular flexibility index (Phi) is 3.14. The fraction of sp³-hybridized carbons (Fsp3) is 0.250. The molecule has 3 heteroatoms. The zero-order chi connectivity index (χ0) is 14.2. The summed E-state index contributed by atoms with van der Waals surface area (Å²) >= 11 is 0. The van der Waals surface area contributed by atoms with Gasteiger partial charge in [-0.2, -0.15) is 0 Å². The first kappa shape index (κ1) is 13.3. The lowest BCUT2D eigenvalue weighted by molar-refractivity contribution is 0.458. The highest BCUT2D eigenvalue weighted by Gasteiger charge is 2.17. The normalized spacial score (nSPS) is 11.5. The monoisotopic (exact) mass is 258 g/mol. The quantitative estimate of drug-likeness (QED) is 0.682. The first-order valence-corrected chi connectivity index (χ1v) is 6.15. The molecule has 0 saturated carbocycles. The van der Waals surface area contributed by atoms with Crippen LogP contribution in [0.15, 0.2) is 36.4 Å². The van der Waals surface area contributed by atoms with Gasteiger partial charge in [0.05, 0.1) is 0 Å². The van der Waals surface area contributed by atoms with Crippen LogP contribution in [0.1, 0.15) is 26.3 Å². The molecule has 0 unspecified atom stereocenters. The Balaban J connectivity index is 2.55. The third kappa shape index (κ3) is 2.65. The smallest absolute Gasteiger partial charge is 0.123 e. The minimum Gasteiger partial charge on any atom is -0.508 e. The second-order valence-corrected chi connectivity index (χ2v) is 5.68. The summed E-state index contributed by atoms with van der Waals surface area (Å²) in [5.74, 6) is 0.164. The van der Waals surface area contributed by atoms with E-state index >= 15 is 0 Å². The van der Waals surface area contributed by atoms with Crippen molar-refractivity contribution in [1.82, 2.24) is 0 Å². The van der Waals surface area contributed by atoms with Crippen LogP contribution in [0.4, 0.5) is 0 Å². The van der Waals surface area contributed by atoms with Gasteiger partial charge in [0.25, 0.3) is 0 Å². The van der Waals surface area contributed by atoms with Crippen LogP contribution in [0.5, 0.6) is 17.2 Å². The van der Waals surface area contributed by atoms with Crippen LogP contribution < -0.4 is 0 Å². The van der Waals surface area contributed by atoms with Crippen molar-refractivity contribution >= 4 is 0 Å². The van der Waals surface area contributed by atoms with Crippen LogP contribution in [-0.2, 0) is 5.41 Å². The topological polar surface area (TPSA) is 60.7 Å². The average molecular weight is 258 g/mol. The molecule has 2 aromatic rings. The van der Waals surface area contributed by atoms with E-state index in [1.165, 1.54) is 18.2 Å². The van der Waals surface area contributed by atoms with E-state index in [2.05, 4.69) is 20.8 Å². The van der Waals surface area contributed by atoms with Crippen LogP contribution in [0.25, 0.3) is 11.1 Å². The SMILES string of the molecule is CC(C)(C)c1ccc(-c2cc(O)ccc2O)c(O)c1. The predicted molar refractivity (Wildman–Crippen MR) is 75.6 cm³/mol. The Bertz CT molecular complexity index is 610. The molecule has 0 saturated heterocycles. The summed E-state index contributed by atoms with van der Waals surface area (Å²) in [6, 6.07) is 9.60. The zero-order valence-electron chi connectivity index (χ0n) is 11.3. The number of hydrogen-bond donors (Lipinski definition) is 3. The molecule has 0 amide bonds. The van der Waals surface area contributed by atoms with E-state index in [9.17, 15) is 15.3 Å². The minimum absolute atomic E-state index is 0.0246. The Morgan fingerprint density at radius 1 is 0.737 bits per heavy atom. The van der Waals surface area contributed by atoms with Crippen LogP contribution >= 0.6 is 0 Å². The average Bonchev–Trinajstić information content (AvgIpc) is 2.31. The fourth-order valence-electron chi connectivity index (χ4n) is 1.97. The van der Waals surface area contributed by atoms with Crippen molar-refractivity contribution in [2.45, 2.75) is 26.2 Å². The van der Waals surface area contributed by atoms with Gasteiger partial charge in [0.15, 0.2) is 0 Å². The Hall–Kier alpha value is -2.16. The Morgan fingerprint density at radius 2 is 1.42 bits per heavy atom. The van der Waals surface area contributed by atoms with Crippen LogP contribution in [0.3, 0.4) is 0 Å². The molecule has 19 heavy (non-hydrogen) atoms. The van der Waals surface area contributed by atoms with Crippen molar-refractivity contribution < 1.29 is 15.3 Å². The molecule has 0 fully saturated rings. The molecule has 0 aliphatic heterocycles. The van der Waals surface area contributed by atoms with Crippen molar-refractivity contribution in [2.75, 3.05) is 0 Å². The number of aromatic hydroxyl groups is 3. The van der Waals surface area contributed by atoms with Gasteiger partial charge in [0, 0.05) is 11.1 Å². The molecule has 2 aromatic carbocycles. The summed E-state index contributed by atoms with van der Waals surface area (Å²) in [4.78, 5) is 0. The summed E-state index contributed by atoms with van der Waals surface area (Å²) < 4.78 is 0. The second-order valence-electron chi connectivity index (χ2n) is 5.68. The van der Waals surface area contributed by atoms with E-state index in [1.807, 2.05) is 6.07 Å². The molecule has 0 spiro atoms. The largest absolute Gasteiger partial charge is 0.508 e. The summed E-state index contributed by atoms with van der Waals surface area (Å²) in [6.07, 6.45) is 0. The summed E-state index contributed by atoms with van der Waals surface area (Å²) in [7, 11) is 0. The first-order valence-electron chi connectivity index (χ1n) is 6.15. The maximum atomic E-state index is 10.1. The van der Waals surface area contributed by atoms with Crippen molar-refractivity contribution in [1.29, 1.82) is 0 Å². The van der Waals surface area contributed by atoms with Gasteiger partial charge in [-0.15, -0.1) is 0 Å². The van der Waals surface area contributed by atoms with E-state index < -0.39 is 0 Å². The molecule has 0 aliphatic rings. The molecular formula is C16H18O3. The van der Waals surface area contributed by atoms with E-state index in [4.69, 9.17) is 0 Å². The minimum atomic E-state index is -0.0586. The van der Waals surface area contributed by atoms with Gasteiger partial charge in [-0.1, -0.05) is 32.9 Å². The Labute approximate surface area is 112 Å². The van der Waals surface area contributed by atoms with Crippen molar-refractivity contribution in [2.24, 2.45) is 0 Å². The zero-order valence-corrected chi connectivity index (χ0v) is 11.3. The van der Waals surface area contributed by atoms with E-state index in [-0.39, 0.29) is 22.7 Å². The number of phenols is 3. The third-order valence-corrected chi connectivity index (χ3v) is 3.13. The first-order chi connectivity index (χ1) is 8.79. The predicted octanol–water partition coefficient (Wildman–Crippen LogP) is 3.77. The lowest BCUT2D eigenvalue weighted by Gasteiger charge is -2.20. The second kappa shape index (κ2) is 4.50. The number of benzene rings is 2. The Morgan fingerprint density at radius 3 is 2.00 bits per heavy atom. The summed E-state index contributed by atoms with van der Waals surface area (Å²) in [6.45, 7) is 6.19. The lowest BCUT2D eigenvalue weighted by atomic mass is 9.86. The molecule has 3 nitrogen and oxygen atoms in total. The van der Waals surface area contributed by atoms with Crippen molar-refractivity contribution in [3.05, 3.63) is 42.0 Å². The molecule has 0 aliphatic carbocycles. The number of rotatable bonds is 1. The molecule has 0 aromatic heterocycles. The van der Waals surface area contributed by atoms with Gasteiger partial charge in [0.2, 0.25) is 0 Å². The van der Waals surface area contributed by atoms with Gasteiger partial charge in [0.1, 0.15) is 17.2 Å². The molecule has 2 rings (SSSR count). The molecule has 0 atom stereocenters. The molecular weight excluding hydrogens is 240 g/mol. The van der Waals surface area contributed by atoms with Gasteiger partial charge in [-0.3, -0.25) is 0 Å². The van der Waals surface area contributed by atoms with Crippen LogP contribution in [-0.4, -0.2) is 15.3 Å². The fourth-order valence-corrected chi connectivity index (χ4v) is 1.97. The third-order valence-electron chi connectivity index (χ3n) is 3.13. The van der Waals surface area contributed by atoms with Crippen molar-refractivity contribution in [3.8, 4) is 28.4 Å². The van der Waals surface area contributed by atoms with Crippen LogP contribution in [0, 0.1) is 0 Å². The van der Waals surface area contributed by atoms with Gasteiger partial charge >= 0.3 is 0 Å². The standard InChI is InChI=1S/C16H18O3/c1-16(2,3)10-4-6-12(15(19)8-10)13-9-11(17)5-7-14(13)18/h4-9,17-19H,1-3H3. The maximum Gasteiger partial charge on any atom is 0.123 e. The highest BCUT2D eigenvalue weighted by atomic mass is 16.3. The van der Waals surface area contributed by atoms with Gasteiger partial charge in [-0.25, -0.2) is 0 Å². The van der Waals surface area contributed by atoms with E-state index in [0.29, 0.717) is 11.1 Å². The van der Waals surface area contributed by atoms with Crippen molar-refractivity contribution in [3.63, 3.8) is 0 Å². The summed E-state index contributed by atoms with van der Waals surface area (Å²) in [5.41, 5.74) is 1.87. The molecule has 0 heterocycles. The molecule has 3 N–H and O–H groups in total. The number of phenolic OH excluding ortho intramolecular Hbond substituents is 3. The lowest BCUT2D eigenvalue weighted by Crippen LogP contribution is -2.10. The number of hydrogen-bond acceptors (Lipinski definition) is 3. The summed E-state index contributed by atoms with van der Waals surface area (Å²) in [5, 5.41) is 29.4. The van der Waals surface area contributed by atoms with Gasteiger partial charge in [-0.05, 0) is 35.2 Å². The highest BCUT2D eigenvalue weighted by Crippen LogP contribution is 2.39. The van der Waals surface area contributed by atoms with E-state index in [1.54, 1.807) is 12.1 Å². The highest BCUT2D eigenvalue weighted by molar-refractivity contribution is 5.76. The molecule has 0 radical (unpaired) electrons. The van der Waals surface area contributed by atoms with E-state index in [0.717, 1.165) is 5.56 Å².